The van der Waals surface area contributed by atoms with Crippen LogP contribution in [0.25, 0.3) is 33.3 Å². The summed E-state index contributed by atoms with van der Waals surface area (Å²) < 4.78 is 16.7. The maximum absolute atomic E-state index is 6.15. The van der Waals surface area contributed by atoms with Crippen molar-refractivity contribution in [1.82, 2.24) is 4.98 Å². The highest BCUT2D eigenvalue weighted by molar-refractivity contribution is 6.31. The van der Waals surface area contributed by atoms with Gasteiger partial charge in [-0.15, -0.1) is 0 Å². The van der Waals surface area contributed by atoms with Gasteiger partial charge in [-0.05, 0) is 29.8 Å². The van der Waals surface area contributed by atoms with Crippen LogP contribution in [0.15, 0.2) is 72.8 Å². The maximum Gasteiger partial charge on any atom is 0.189 e. The Morgan fingerprint density at radius 3 is 2.52 bits per heavy atom. The lowest BCUT2D eigenvalue weighted by atomic mass is 10.00. The number of nitrogens with one attached hydrogen (secondary N) is 1. The van der Waals surface area contributed by atoms with Crippen molar-refractivity contribution in [3.05, 3.63) is 77.8 Å². The monoisotopic (exact) mass is 407 g/mol. The number of para-hydroxylation sites is 1. The molecule has 1 N–H and O–H groups in total. The third kappa shape index (κ3) is 4.46. The summed E-state index contributed by atoms with van der Waals surface area (Å²) in [6.07, 6.45) is 0. The fourth-order valence-electron chi connectivity index (χ4n) is 3.30. The number of methoxy groups -OCH3 is 1. The van der Waals surface area contributed by atoms with Gasteiger partial charge in [0.2, 0.25) is 0 Å². The molecule has 0 aliphatic carbocycles. The molecule has 0 unspecified atom stereocenters. The second kappa shape index (κ2) is 9.14. The molecule has 5 heteroatoms. The van der Waals surface area contributed by atoms with Crippen molar-refractivity contribution in [1.29, 1.82) is 0 Å². The Morgan fingerprint density at radius 2 is 1.69 bits per heavy atom. The van der Waals surface area contributed by atoms with E-state index in [4.69, 9.17) is 25.8 Å². The molecule has 0 fully saturated rings. The largest absolute Gasteiger partial charge is 0.466 e. The van der Waals surface area contributed by atoms with Crippen LogP contribution in [0.1, 0.15) is 0 Å². The van der Waals surface area contributed by atoms with Crippen molar-refractivity contribution < 1.29 is 14.2 Å². The minimum Gasteiger partial charge on any atom is -0.466 e. The number of H-pyrrole nitrogens is 1. The molecule has 3 aromatic carbocycles. The molecule has 29 heavy (non-hydrogen) atoms. The van der Waals surface area contributed by atoms with Crippen LogP contribution in [0, 0.1) is 0 Å². The molecule has 0 amide bonds. The van der Waals surface area contributed by atoms with Gasteiger partial charge in [0.05, 0.1) is 18.9 Å². The van der Waals surface area contributed by atoms with E-state index in [0.29, 0.717) is 18.2 Å². The molecule has 0 saturated carbocycles. The predicted octanol–water partition coefficient (Wildman–Crippen LogP) is 6.15. The van der Waals surface area contributed by atoms with E-state index in [1.165, 1.54) is 0 Å². The lowest BCUT2D eigenvalue weighted by molar-refractivity contribution is -0.00797. The fourth-order valence-corrected chi connectivity index (χ4v) is 3.47. The van der Waals surface area contributed by atoms with Crippen LogP contribution in [0.4, 0.5) is 0 Å². The fraction of sp³-hybridized carbons (Fsp3) is 0.167. The van der Waals surface area contributed by atoms with Gasteiger partial charge in [-0.2, -0.15) is 0 Å². The summed E-state index contributed by atoms with van der Waals surface area (Å²) in [7, 11) is 1.65. The van der Waals surface area contributed by atoms with Crippen LogP contribution in [-0.4, -0.2) is 32.1 Å². The number of benzene rings is 3. The molecular formula is C24H22ClNO3. The first-order valence-electron chi connectivity index (χ1n) is 9.43. The van der Waals surface area contributed by atoms with Crippen LogP contribution in [0.2, 0.25) is 5.02 Å². The van der Waals surface area contributed by atoms with Crippen molar-refractivity contribution in [3.63, 3.8) is 0 Å². The molecule has 148 valence electrons. The van der Waals surface area contributed by atoms with E-state index >= 15 is 0 Å². The number of aromatic amines is 1. The molecule has 4 aromatic rings. The normalized spacial score (nSPS) is 11.1. The van der Waals surface area contributed by atoms with E-state index in [9.17, 15) is 0 Å². The minimum atomic E-state index is 0.145. The molecule has 0 spiro atoms. The molecule has 0 aliphatic heterocycles. The second-order valence-electron chi connectivity index (χ2n) is 6.63. The first kappa shape index (κ1) is 19.5. The van der Waals surface area contributed by atoms with Crippen molar-refractivity contribution in [2.45, 2.75) is 0 Å². The van der Waals surface area contributed by atoms with Crippen molar-refractivity contribution in [3.8, 4) is 28.1 Å². The minimum absolute atomic E-state index is 0.145. The molecule has 4 nitrogen and oxygen atoms in total. The first-order chi connectivity index (χ1) is 14.3. The predicted molar refractivity (Wildman–Crippen MR) is 118 cm³/mol. The van der Waals surface area contributed by atoms with Gasteiger partial charge >= 0.3 is 0 Å². The lowest BCUT2D eigenvalue weighted by Gasteiger charge is -2.16. The summed E-state index contributed by atoms with van der Waals surface area (Å²) in [5, 5.41) is 1.80. The molecule has 0 saturated heterocycles. The van der Waals surface area contributed by atoms with E-state index in [1.54, 1.807) is 7.11 Å². The Kier molecular flexibility index (Phi) is 6.15. The van der Waals surface area contributed by atoms with Gasteiger partial charge in [-0.3, -0.25) is 0 Å². The van der Waals surface area contributed by atoms with E-state index in [0.717, 1.165) is 39.0 Å². The van der Waals surface area contributed by atoms with E-state index in [2.05, 4.69) is 29.2 Å². The summed E-state index contributed by atoms with van der Waals surface area (Å²) in [5.41, 5.74) is 5.01. The Balaban J connectivity index is 1.75. The highest BCUT2D eigenvalue weighted by atomic mass is 35.5. The van der Waals surface area contributed by atoms with Crippen LogP contribution < -0.4 is 4.74 Å². The standard InChI is InChI=1S/C24H22ClNO3/c1-27-12-13-28-16-29-24-20(17-6-3-2-4-7-17)8-5-9-21(24)23-14-18-10-11-19(25)15-22(18)26-23/h2-11,14-15,26H,12-13,16H2,1H3. The topological polar surface area (TPSA) is 43.5 Å². The number of hydrogen-bond acceptors (Lipinski definition) is 3. The highest BCUT2D eigenvalue weighted by Gasteiger charge is 2.15. The van der Waals surface area contributed by atoms with Crippen LogP contribution in [0.5, 0.6) is 5.75 Å². The highest BCUT2D eigenvalue weighted by Crippen LogP contribution is 2.39. The van der Waals surface area contributed by atoms with Crippen LogP contribution in [-0.2, 0) is 9.47 Å². The molecule has 0 radical (unpaired) electrons. The van der Waals surface area contributed by atoms with E-state index in [-0.39, 0.29) is 6.79 Å². The Labute approximate surface area is 175 Å². The van der Waals surface area contributed by atoms with Gasteiger partial charge in [0.15, 0.2) is 6.79 Å². The van der Waals surface area contributed by atoms with E-state index < -0.39 is 0 Å². The van der Waals surface area contributed by atoms with Gasteiger partial charge in [0.1, 0.15) is 5.75 Å². The van der Waals surface area contributed by atoms with Crippen LogP contribution >= 0.6 is 11.6 Å². The summed E-state index contributed by atoms with van der Waals surface area (Å²) in [6, 6.07) is 24.3. The number of ether oxygens (including phenoxy) is 3. The number of aromatic nitrogens is 1. The van der Waals surface area contributed by atoms with E-state index in [1.807, 2.05) is 48.5 Å². The Morgan fingerprint density at radius 1 is 0.862 bits per heavy atom. The number of hydrogen-bond donors (Lipinski definition) is 1. The lowest BCUT2D eigenvalue weighted by Crippen LogP contribution is -2.09. The first-order valence-corrected chi connectivity index (χ1v) is 9.80. The Hall–Kier alpha value is -2.79. The molecule has 0 aliphatic rings. The Bertz CT molecular complexity index is 1090. The van der Waals surface area contributed by atoms with Gasteiger partial charge in [-0.25, -0.2) is 0 Å². The van der Waals surface area contributed by atoms with Crippen molar-refractivity contribution in [2.24, 2.45) is 0 Å². The SMILES string of the molecule is COCCOCOc1c(-c2ccccc2)cccc1-c1cc2ccc(Cl)cc2[nH]1. The molecule has 0 atom stereocenters. The van der Waals surface area contributed by atoms with Gasteiger partial charge in [-0.1, -0.05) is 60.1 Å². The number of rotatable bonds is 8. The summed E-state index contributed by atoms with van der Waals surface area (Å²) in [4.78, 5) is 3.46. The van der Waals surface area contributed by atoms with Gasteiger partial charge < -0.3 is 19.2 Å². The average molecular weight is 408 g/mol. The average Bonchev–Trinajstić information content (AvgIpc) is 3.17. The van der Waals surface area contributed by atoms with Crippen LogP contribution in [0.3, 0.4) is 0 Å². The summed E-state index contributed by atoms with van der Waals surface area (Å²) >= 11 is 6.15. The summed E-state index contributed by atoms with van der Waals surface area (Å²) in [5.74, 6) is 0.772. The van der Waals surface area contributed by atoms with Gasteiger partial charge in [0.25, 0.3) is 0 Å². The second-order valence-corrected chi connectivity index (χ2v) is 7.06. The zero-order valence-corrected chi connectivity index (χ0v) is 16.9. The number of fused-ring (bicyclic) bond motifs is 1. The van der Waals surface area contributed by atoms with Crippen molar-refractivity contribution in [2.75, 3.05) is 27.1 Å². The molecular weight excluding hydrogens is 386 g/mol. The zero-order chi connectivity index (χ0) is 20.1. The maximum atomic E-state index is 6.15. The van der Waals surface area contributed by atoms with Crippen molar-refractivity contribution >= 4 is 22.5 Å². The summed E-state index contributed by atoms with van der Waals surface area (Å²) in [6.45, 7) is 1.15. The third-order valence-electron chi connectivity index (χ3n) is 4.69. The smallest absolute Gasteiger partial charge is 0.189 e. The van der Waals surface area contributed by atoms with Gasteiger partial charge in [0, 0.05) is 34.2 Å². The molecule has 1 heterocycles. The molecule has 0 bridgehead atoms. The zero-order valence-electron chi connectivity index (χ0n) is 16.2. The third-order valence-corrected chi connectivity index (χ3v) is 4.93. The molecule has 4 rings (SSSR count). The molecule has 1 aromatic heterocycles. The quantitative estimate of drug-likeness (QED) is 0.281. The number of halogens is 1.